The Bertz CT molecular complexity index is 1090. The Morgan fingerprint density at radius 1 is 1.10 bits per heavy atom. The Hall–Kier alpha value is -2.28. The van der Waals surface area contributed by atoms with Crippen LogP contribution in [0.25, 0.3) is 0 Å². The molecule has 0 bridgehead atoms. The van der Waals surface area contributed by atoms with E-state index < -0.39 is 15.3 Å². The SMILES string of the molecule is Cc1ccc(C(=S)c2cc(CC(C)S(=O)(=O)NCc3ccc[nH]3)ccc2C)cc1. The van der Waals surface area contributed by atoms with Gasteiger partial charge in [-0.05, 0) is 67.6 Å². The van der Waals surface area contributed by atoms with E-state index in [4.69, 9.17) is 12.2 Å². The third kappa shape index (κ3) is 5.41. The minimum atomic E-state index is -3.44. The molecule has 0 spiro atoms. The van der Waals surface area contributed by atoms with Gasteiger partial charge in [-0.25, -0.2) is 13.1 Å². The highest BCUT2D eigenvalue weighted by atomic mass is 32.2. The van der Waals surface area contributed by atoms with E-state index in [9.17, 15) is 8.42 Å². The van der Waals surface area contributed by atoms with Gasteiger partial charge < -0.3 is 4.98 Å². The molecule has 6 heteroatoms. The summed E-state index contributed by atoms with van der Waals surface area (Å²) in [5.74, 6) is 0. The number of aromatic nitrogens is 1. The number of benzene rings is 2. The molecule has 0 saturated heterocycles. The number of aryl methyl sites for hydroxylation is 2. The Morgan fingerprint density at radius 2 is 1.83 bits per heavy atom. The van der Waals surface area contributed by atoms with Crippen molar-refractivity contribution in [2.24, 2.45) is 0 Å². The Morgan fingerprint density at radius 3 is 2.48 bits per heavy atom. The van der Waals surface area contributed by atoms with Crippen LogP contribution < -0.4 is 4.72 Å². The third-order valence-corrected chi connectivity index (χ3v) is 7.27. The maximum atomic E-state index is 12.6. The van der Waals surface area contributed by atoms with E-state index in [1.54, 1.807) is 13.1 Å². The molecule has 0 radical (unpaired) electrons. The lowest BCUT2D eigenvalue weighted by atomic mass is 9.96. The first-order valence-corrected chi connectivity index (χ1v) is 11.5. The first-order valence-electron chi connectivity index (χ1n) is 9.58. The number of H-pyrrole nitrogens is 1. The highest BCUT2D eigenvalue weighted by Crippen LogP contribution is 2.20. The standard InChI is InChI=1S/C23H26N2O2S2/c1-16-6-10-20(11-7-16)23(28)22-14-19(9-8-17(22)2)13-18(3)29(26,27)25-15-21-5-4-12-24-21/h4-12,14,18,24-25H,13,15H2,1-3H3. The van der Waals surface area contributed by atoms with Crippen molar-refractivity contribution in [3.8, 4) is 0 Å². The zero-order valence-electron chi connectivity index (χ0n) is 16.9. The van der Waals surface area contributed by atoms with Gasteiger partial charge in [-0.1, -0.05) is 54.2 Å². The molecule has 3 rings (SSSR count). The first kappa shape index (κ1) is 21.4. The predicted octanol–water partition coefficient (Wildman–Crippen LogP) is 4.45. The summed E-state index contributed by atoms with van der Waals surface area (Å²) in [6.07, 6.45) is 2.20. The third-order valence-electron chi connectivity index (χ3n) is 5.04. The maximum Gasteiger partial charge on any atom is 0.214 e. The average Bonchev–Trinajstić information content (AvgIpc) is 3.22. The Balaban J connectivity index is 1.74. The molecule has 4 nitrogen and oxygen atoms in total. The molecule has 0 aliphatic rings. The maximum absolute atomic E-state index is 12.6. The van der Waals surface area contributed by atoms with Crippen molar-refractivity contribution in [1.29, 1.82) is 0 Å². The molecular weight excluding hydrogens is 400 g/mol. The van der Waals surface area contributed by atoms with Crippen LogP contribution in [0.1, 0.15) is 40.4 Å². The number of thiocarbonyl (C=S) groups is 1. The van der Waals surface area contributed by atoms with Crippen LogP contribution in [0.3, 0.4) is 0 Å². The molecule has 3 aromatic rings. The summed E-state index contributed by atoms with van der Waals surface area (Å²) in [7, 11) is -3.44. The number of aromatic amines is 1. The summed E-state index contributed by atoms with van der Waals surface area (Å²) in [6.45, 7) is 6.06. The van der Waals surface area contributed by atoms with Crippen LogP contribution in [-0.4, -0.2) is 23.5 Å². The highest BCUT2D eigenvalue weighted by molar-refractivity contribution is 7.90. The minimum absolute atomic E-state index is 0.260. The minimum Gasteiger partial charge on any atom is -0.364 e. The van der Waals surface area contributed by atoms with E-state index in [1.165, 1.54) is 5.56 Å². The number of rotatable bonds is 8. The lowest BCUT2D eigenvalue weighted by Crippen LogP contribution is -2.33. The zero-order valence-corrected chi connectivity index (χ0v) is 18.5. The van der Waals surface area contributed by atoms with Gasteiger partial charge in [-0.3, -0.25) is 0 Å². The zero-order chi connectivity index (χ0) is 21.0. The normalized spacial score (nSPS) is 12.7. The second-order valence-corrected chi connectivity index (χ2v) is 10.0. The van der Waals surface area contributed by atoms with Crippen molar-refractivity contribution in [2.45, 2.75) is 39.0 Å². The van der Waals surface area contributed by atoms with E-state index in [1.807, 2.05) is 68.4 Å². The molecule has 152 valence electrons. The number of nitrogens with one attached hydrogen (secondary N) is 2. The summed E-state index contributed by atoms with van der Waals surface area (Å²) in [5.41, 5.74) is 6.04. The molecule has 0 fully saturated rings. The van der Waals surface area contributed by atoms with Gasteiger partial charge in [-0.15, -0.1) is 0 Å². The fraction of sp³-hybridized carbons (Fsp3) is 0.261. The van der Waals surface area contributed by atoms with Crippen LogP contribution in [0.5, 0.6) is 0 Å². The van der Waals surface area contributed by atoms with Gasteiger partial charge in [-0.2, -0.15) is 0 Å². The summed E-state index contributed by atoms with van der Waals surface area (Å²) < 4.78 is 27.9. The quantitative estimate of drug-likeness (QED) is 0.413. The second-order valence-electron chi connectivity index (χ2n) is 7.42. The van der Waals surface area contributed by atoms with Crippen LogP contribution >= 0.6 is 12.2 Å². The monoisotopic (exact) mass is 426 g/mol. The van der Waals surface area contributed by atoms with Gasteiger partial charge >= 0.3 is 0 Å². The fourth-order valence-corrected chi connectivity index (χ4v) is 4.55. The topological polar surface area (TPSA) is 62.0 Å². The predicted molar refractivity (Wildman–Crippen MR) is 123 cm³/mol. The largest absolute Gasteiger partial charge is 0.364 e. The van der Waals surface area contributed by atoms with Crippen molar-refractivity contribution < 1.29 is 8.42 Å². The van der Waals surface area contributed by atoms with Crippen LogP contribution in [0.2, 0.25) is 0 Å². The van der Waals surface area contributed by atoms with Gasteiger partial charge in [0.05, 0.1) is 16.7 Å². The average molecular weight is 427 g/mol. The van der Waals surface area contributed by atoms with Gasteiger partial charge in [0, 0.05) is 11.9 Å². The van der Waals surface area contributed by atoms with Crippen molar-refractivity contribution in [2.75, 3.05) is 0 Å². The van der Waals surface area contributed by atoms with Crippen LogP contribution in [0.4, 0.5) is 0 Å². The molecule has 29 heavy (non-hydrogen) atoms. The van der Waals surface area contributed by atoms with Crippen LogP contribution in [-0.2, 0) is 23.0 Å². The summed E-state index contributed by atoms with van der Waals surface area (Å²) in [6, 6.07) is 17.9. The van der Waals surface area contributed by atoms with Crippen LogP contribution in [0.15, 0.2) is 60.8 Å². The number of hydrogen-bond acceptors (Lipinski definition) is 3. The highest BCUT2D eigenvalue weighted by Gasteiger charge is 2.21. The fourth-order valence-electron chi connectivity index (χ4n) is 3.14. The number of sulfonamides is 1. The van der Waals surface area contributed by atoms with E-state index in [0.29, 0.717) is 6.42 Å². The Labute approximate surface area is 178 Å². The molecular formula is C23H26N2O2S2. The lowest BCUT2D eigenvalue weighted by Gasteiger charge is -2.16. The Kier molecular flexibility index (Phi) is 6.67. The summed E-state index contributed by atoms with van der Waals surface area (Å²) >= 11 is 5.72. The van der Waals surface area contributed by atoms with Crippen molar-refractivity contribution >= 4 is 27.1 Å². The molecule has 0 amide bonds. The smallest absolute Gasteiger partial charge is 0.214 e. The molecule has 1 heterocycles. The van der Waals surface area contributed by atoms with Gasteiger partial charge in [0.25, 0.3) is 0 Å². The summed E-state index contributed by atoms with van der Waals surface area (Å²) in [5, 5.41) is -0.555. The molecule has 2 aromatic carbocycles. The lowest BCUT2D eigenvalue weighted by molar-refractivity contribution is 0.566. The van der Waals surface area contributed by atoms with Gasteiger partial charge in [0.1, 0.15) is 0 Å². The van der Waals surface area contributed by atoms with Crippen LogP contribution in [0, 0.1) is 13.8 Å². The van der Waals surface area contributed by atoms with Crippen molar-refractivity contribution in [3.63, 3.8) is 0 Å². The molecule has 0 saturated carbocycles. The van der Waals surface area contributed by atoms with E-state index >= 15 is 0 Å². The first-order chi connectivity index (χ1) is 13.8. The second kappa shape index (κ2) is 9.03. The molecule has 0 aliphatic heterocycles. The van der Waals surface area contributed by atoms with Crippen molar-refractivity contribution in [1.82, 2.24) is 9.71 Å². The summed E-state index contributed by atoms with van der Waals surface area (Å²) in [4.78, 5) is 3.78. The molecule has 2 N–H and O–H groups in total. The van der Waals surface area contributed by atoms with Gasteiger partial charge in [0.15, 0.2) is 0 Å². The van der Waals surface area contributed by atoms with E-state index in [2.05, 4.69) is 9.71 Å². The molecule has 1 atom stereocenters. The van der Waals surface area contributed by atoms with Crippen molar-refractivity contribution in [3.05, 3.63) is 94.3 Å². The molecule has 1 aromatic heterocycles. The van der Waals surface area contributed by atoms with E-state index in [-0.39, 0.29) is 6.54 Å². The van der Waals surface area contributed by atoms with Gasteiger partial charge in [0.2, 0.25) is 10.0 Å². The number of hydrogen-bond donors (Lipinski definition) is 2. The van der Waals surface area contributed by atoms with E-state index in [0.717, 1.165) is 32.8 Å². The molecule has 1 unspecified atom stereocenters. The molecule has 0 aliphatic carbocycles.